The van der Waals surface area contributed by atoms with Crippen molar-refractivity contribution in [1.82, 2.24) is 0 Å². The number of hydrogen-bond donors (Lipinski definition) is 0. The van der Waals surface area contributed by atoms with Crippen molar-refractivity contribution in [2.75, 3.05) is 0 Å². The Hall–Kier alpha value is -3.90. The molecule has 0 atom stereocenters. The predicted molar refractivity (Wildman–Crippen MR) is 142 cm³/mol. The van der Waals surface area contributed by atoms with Crippen molar-refractivity contribution in [1.29, 1.82) is 0 Å². The van der Waals surface area contributed by atoms with Gasteiger partial charge in [-0.05, 0) is 71.8 Å². The van der Waals surface area contributed by atoms with Gasteiger partial charge in [0.25, 0.3) is 0 Å². The molecule has 0 unspecified atom stereocenters. The fraction of sp³-hybridized carbons (Fsp3) is 0.0909. The third-order valence-electron chi connectivity index (χ3n) is 7.63. The topological polar surface area (TPSA) is 0 Å². The van der Waals surface area contributed by atoms with Gasteiger partial charge in [0.15, 0.2) is 0 Å². The molecule has 7 rings (SSSR count). The van der Waals surface area contributed by atoms with Gasteiger partial charge in [-0.15, -0.1) is 0 Å². The maximum Gasteiger partial charge on any atom is 0.0159 e. The molecule has 0 aromatic heterocycles. The van der Waals surface area contributed by atoms with Crippen LogP contribution in [0.4, 0.5) is 0 Å². The van der Waals surface area contributed by atoms with Crippen molar-refractivity contribution in [2.24, 2.45) is 0 Å². The standard InChI is InChI=1S/C33H24/c1-33(2)28-18-16-21-10-6-8-14-24(21)31(28)32-27-20-23-13-7-9-15-25(23)30(22-11-4-3-5-12-22)26(27)17-19-29(32)33/h3-20H,1-2H3. The van der Waals surface area contributed by atoms with Crippen molar-refractivity contribution < 1.29 is 0 Å². The van der Waals surface area contributed by atoms with E-state index >= 15 is 0 Å². The lowest BCUT2D eigenvalue weighted by molar-refractivity contribution is 0.661. The number of rotatable bonds is 1. The minimum Gasteiger partial charge on any atom is -0.0622 e. The van der Waals surface area contributed by atoms with Crippen LogP contribution >= 0.6 is 0 Å². The van der Waals surface area contributed by atoms with Crippen LogP contribution in [0.1, 0.15) is 25.0 Å². The summed E-state index contributed by atoms with van der Waals surface area (Å²) in [6, 6.07) is 40.3. The molecule has 0 nitrogen and oxygen atoms in total. The van der Waals surface area contributed by atoms with E-state index in [0.717, 1.165) is 0 Å². The van der Waals surface area contributed by atoms with Gasteiger partial charge in [-0.25, -0.2) is 0 Å². The van der Waals surface area contributed by atoms with Gasteiger partial charge < -0.3 is 0 Å². The van der Waals surface area contributed by atoms with Crippen LogP contribution in [0.5, 0.6) is 0 Å². The quantitative estimate of drug-likeness (QED) is 0.233. The molecular weight excluding hydrogens is 396 g/mol. The second-order valence-electron chi connectivity index (χ2n) is 9.76. The maximum atomic E-state index is 2.42. The summed E-state index contributed by atoms with van der Waals surface area (Å²) in [5.74, 6) is 0. The summed E-state index contributed by atoms with van der Waals surface area (Å²) in [7, 11) is 0. The van der Waals surface area contributed by atoms with E-state index < -0.39 is 0 Å². The first-order valence-corrected chi connectivity index (χ1v) is 11.7. The third-order valence-corrected chi connectivity index (χ3v) is 7.63. The average molecular weight is 421 g/mol. The molecule has 6 aromatic carbocycles. The molecule has 6 aromatic rings. The van der Waals surface area contributed by atoms with Gasteiger partial charge in [0.1, 0.15) is 0 Å². The highest BCUT2D eigenvalue weighted by Crippen LogP contribution is 2.54. The molecule has 0 saturated heterocycles. The Morgan fingerprint density at radius 3 is 1.76 bits per heavy atom. The van der Waals surface area contributed by atoms with Gasteiger partial charge in [-0.1, -0.05) is 117 Å². The number of fused-ring (bicyclic) bond motifs is 8. The summed E-state index contributed by atoms with van der Waals surface area (Å²) in [6.07, 6.45) is 0. The normalized spacial score (nSPS) is 14.0. The molecule has 0 heteroatoms. The molecule has 33 heavy (non-hydrogen) atoms. The van der Waals surface area contributed by atoms with Crippen LogP contribution in [-0.4, -0.2) is 0 Å². The van der Waals surface area contributed by atoms with Crippen LogP contribution in [0.3, 0.4) is 0 Å². The Morgan fingerprint density at radius 1 is 0.424 bits per heavy atom. The van der Waals surface area contributed by atoms with E-state index in [2.05, 4.69) is 123 Å². The van der Waals surface area contributed by atoms with Crippen LogP contribution in [0.15, 0.2) is 109 Å². The molecule has 0 bridgehead atoms. The Kier molecular flexibility index (Phi) is 3.71. The van der Waals surface area contributed by atoms with Gasteiger partial charge in [0.05, 0.1) is 0 Å². The minimum atomic E-state index is -0.0263. The monoisotopic (exact) mass is 420 g/mol. The molecule has 0 heterocycles. The highest BCUT2D eigenvalue weighted by Gasteiger charge is 2.37. The van der Waals surface area contributed by atoms with Crippen LogP contribution in [0.2, 0.25) is 0 Å². The molecule has 1 aliphatic rings. The maximum absolute atomic E-state index is 2.42. The van der Waals surface area contributed by atoms with Crippen LogP contribution < -0.4 is 0 Å². The average Bonchev–Trinajstić information content (AvgIpc) is 3.10. The van der Waals surface area contributed by atoms with Gasteiger partial charge in [0.2, 0.25) is 0 Å². The van der Waals surface area contributed by atoms with Gasteiger partial charge in [0, 0.05) is 5.41 Å². The molecule has 0 aliphatic heterocycles. The molecule has 0 radical (unpaired) electrons. The van der Waals surface area contributed by atoms with Crippen molar-refractivity contribution >= 4 is 32.3 Å². The van der Waals surface area contributed by atoms with Crippen LogP contribution in [-0.2, 0) is 5.41 Å². The van der Waals surface area contributed by atoms with Gasteiger partial charge in [-0.3, -0.25) is 0 Å². The van der Waals surface area contributed by atoms with Crippen molar-refractivity contribution in [3.05, 3.63) is 120 Å². The highest BCUT2D eigenvalue weighted by molar-refractivity contribution is 6.19. The summed E-state index contributed by atoms with van der Waals surface area (Å²) < 4.78 is 0. The van der Waals surface area contributed by atoms with Crippen molar-refractivity contribution in [3.8, 4) is 22.3 Å². The number of benzene rings is 6. The highest BCUT2D eigenvalue weighted by atomic mass is 14.4. The lowest BCUT2D eigenvalue weighted by Gasteiger charge is -2.22. The third kappa shape index (κ3) is 2.47. The molecule has 0 amide bonds. The van der Waals surface area contributed by atoms with E-state index in [4.69, 9.17) is 0 Å². The summed E-state index contributed by atoms with van der Waals surface area (Å²) in [5, 5.41) is 7.95. The van der Waals surface area contributed by atoms with Crippen LogP contribution in [0, 0.1) is 0 Å². The first-order valence-electron chi connectivity index (χ1n) is 11.7. The van der Waals surface area contributed by atoms with Gasteiger partial charge >= 0.3 is 0 Å². The summed E-state index contributed by atoms with van der Waals surface area (Å²) in [5.41, 5.74) is 8.25. The fourth-order valence-corrected chi connectivity index (χ4v) is 6.05. The van der Waals surface area contributed by atoms with E-state index in [0.29, 0.717) is 0 Å². The largest absolute Gasteiger partial charge is 0.0622 e. The first kappa shape index (κ1) is 18.7. The van der Waals surface area contributed by atoms with E-state index in [1.165, 1.54) is 65.7 Å². The second-order valence-corrected chi connectivity index (χ2v) is 9.76. The molecule has 1 aliphatic carbocycles. The lowest BCUT2D eigenvalue weighted by atomic mass is 9.81. The molecule has 0 saturated carbocycles. The molecule has 0 N–H and O–H groups in total. The smallest absolute Gasteiger partial charge is 0.0159 e. The van der Waals surface area contributed by atoms with Gasteiger partial charge in [-0.2, -0.15) is 0 Å². The predicted octanol–water partition coefficient (Wildman–Crippen LogP) is 9.12. The molecule has 156 valence electrons. The van der Waals surface area contributed by atoms with E-state index in [1.54, 1.807) is 0 Å². The lowest BCUT2D eigenvalue weighted by Crippen LogP contribution is -2.14. The van der Waals surface area contributed by atoms with E-state index in [-0.39, 0.29) is 5.41 Å². The Labute approximate surface area is 194 Å². The zero-order valence-corrected chi connectivity index (χ0v) is 18.9. The van der Waals surface area contributed by atoms with E-state index in [1.807, 2.05) is 0 Å². The van der Waals surface area contributed by atoms with Crippen molar-refractivity contribution in [3.63, 3.8) is 0 Å². The molecular formula is C33H24. The van der Waals surface area contributed by atoms with Crippen LogP contribution in [0.25, 0.3) is 54.6 Å². The number of hydrogen-bond acceptors (Lipinski definition) is 0. The zero-order valence-electron chi connectivity index (χ0n) is 18.9. The first-order chi connectivity index (χ1) is 16.1. The summed E-state index contributed by atoms with van der Waals surface area (Å²) >= 11 is 0. The Bertz CT molecular complexity index is 1720. The summed E-state index contributed by atoms with van der Waals surface area (Å²) in [4.78, 5) is 0. The SMILES string of the molecule is CC1(C)c2ccc3ccccc3c2-c2c1ccc1c(-c3ccccc3)c3ccccc3cc21. The molecule has 0 spiro atoms. The van der Waals surface area contributed by atoms with Crippen molar-refractivity contribution in [2.45, 2.75) is 19.3 Å². The Balaban J connectivity index is 1.72. The minimum absolute atomic E-state index is 0.0263. The van der Waals surface area contributed by atoms with E-state index in [9.17, 15) is 0 Å². The zero-order chi connectivity index (χ0) is 22.2. The Morgan fingerprint density at radius 2 is 1.00 bits per heavy atom. The summed E-state index contributed by atoms with van der Waals surface area (Å²) in [6.45, 7) is 4.74. The fourth-order valence-electron chi connectivity index (χ4n) is 6.05. The molecule has 0 fully saturated rings. The second kappa shape index (κ2) is 6.56.